The molecule has 1 rings (SSSR count). The van der Waals surface area contributed by atoms with Gasteiger partial charge in [0.15, 0.2) is 0 Å². The maximum atomic E-state index is 3.72. The van der Waals surface area contributed by atoms with Crippen molar-refractivity contribution in [2.45, 2.75) is 23.2 Å². The Labute approximate surface area is 64.5 Å². The second-order valence-corrected chi connectivity index (χ2v) is 4.78. The highest BCUT2D eigenvalue weighted by atomic mass is 127. The fourth-order valence-electron chi connectivity index (χ4n) is 0.975. The number of alkyl halides is 1. The maximum Gasteiger partial charge on any atom is 0.0285 e. The Morgan fingerprint density at radius 2 is 2.50 bits per heavy atom. The van der Waals surface area contributed by atoms with Crippen LogP contribution < -0.4 is 0 Å². The first-order valence-electron chi connectivity index (χ1n) is 2.99. The van der Waals surface area contributed by atoms with Gasteiger partial charge in [0.05, 0.1) is 0 Å². The Balaban J connectivity index is 2.35. The van der Waals surface area contributed by atoms with E-state index in [9.17, 15) is 0 Å². The van der Waals surface area contributed by atoms with Crippen molar-refractivity contribution in [1.82, 2.24) is 0 Å². The molecule has 2 atom stereocenters. The SMILES string of the molecule is C=CCC1(I)CC1C. The van der Waals surface area contributed by atoms with Crippen LogP contribution in [0, 0.1) is 5.92 Å². The molecule has 2 unspecified atom stereocenters. The average Bonchev–Trinajstić information content (AvgIpc) is 2.16. The van der Waals surface area contributed by atoms with E-state index in [0.717, 1.165) is 5.92 Å². The van der Waals surface area contributed by atoms with Gasteiger partial charge in [-0.2, -0.15) is 0 Å². The van der Waals surface area contributed by atoms with Gasteiger partial charge in [-0.05, 0) is 18.8 Å². The third-order valence-electron chi connectivity index (χ3n) is 1.85. The summed E-state index contributed by atoms with van der Waals surface area (Å²) in [6, 6.07) is 0. The molecule has 0 aromatic rings. The number of allylic oxidation sites excluding steroid dienone is 1. The standard InChI is InChI=1S/C7H11I/c1-3-4-7(8)5-6(7)2/h3,6H,1,4-5H2,2H3. The van der Waals surface area contributed by atoms with Crippen molar-refractivity contribution in [1.29, 1.82) is 0 Å². The molecule has 1 saturated carbocycles. The summed E-state index contributed by atoms with van der Waals surface area (Å²) in [5, 5.41) is 0. The minimum Gasteiger partial charge on any atom is -0.103 e. The Bertz CT molecular complexity index is 109. The summed E-state index contributed by atoms with van der Waals surface area (Å²) in [6.45, 7) is 6.02. The minimum absolute atomic E-state index is 0.611. The lowest BCUT2D eigenvalue weighted by Crippen LogP contribution is -1.95. The molecule has 1 aliphatic rings. The minimum atomic E-state index is 0.611. The third kappa shape index (κ3) is 1.07. The molecule has 0 bridgehead atoms. The van der Waals surface area contributed by atoms with Gasteiger partial charge in [-0.15, -0.1) is 6.58 Å². The van der Waals surface area contributed by atoms with Crippen molar-refractivity contribution in [2.75, 3.05) is 0 Å². The molecule has 0 heterocycles. The van der Waals surface area contributed by atoms with E-state index in [2.05, 4.69) is 36.1 Å². The van der Waals surface area contributed by atoms with Gasteiger partial charge < -0.3 is 0 Å². The van der Waals surface area contributed by atoms with E-state index in [1.165, 1.54) is 12.8 Å². The van der Waals surface area contributed by atoms with Crippen LogP contribution in [0.5, 0.6) is 0 Å². The van der Waals surface area contributed by atoms with Gasteiger partial charge in [0.25, 0.3) is 0 Å². The molecular weight excluding hydrogens is 211 g/mol. The fourth-order valence-corrected chi connectivity index (χ4v) is 1.95. The van der Waals surface area contributed by atoms with Crippen LogP contribution in [0.3, 0.4) is 0 Å². The summed E-state index contributed by atoms with van der Waals surface area (Å²) in [7, 11) is 0. The molecule has 8 heavy (non-hydrogen) atoms. The zero-order chi connectivity index (χ0) is 6.20. The smallest absolute Gasteiger partial charge is 0.0285 e. The Morgan fingerprint density at radius 1 is 2.00 bits per heavy atom. The van der Waals surface area contributed by atoms with Crippen molar-refractivity contribution < 1.29 is 0 Å². The third-order valence-corrected chi connectivity index (χ3v) is 3.80. The summed E-state index contributed by atoms with van der Waals surface area (Å²) >= 11 is 2.54. The first-order chi connectivity index (χ1) is 3.69. The van der Waals surface area contributed by atoms with Gasteiger partial charge in [-0.1, -0.05) is 35.6 Å². The van der Waals surface area contributed by atoms with Crippen molar-refractivity contribution in [3.63, 3.8) is 0 Å². The van der Waals surface area contributed by atoms with Crippen LogP contribution in [0.25, 0.3) is 0 Å². The van der Waals surface area contributed by atoms with Crippen LogP contribution in [0.1, 0.15) is 19.8 Å². The number of hydrogen-bond donors (Lipinski definition) is 0. The van der Waals surface area contributed by atoms with Gasteiger partial charge >= 0.3 is 0 Å². The zero-order valence-electron chi connectivity index (χ0n) is 5.15. The summed E-state index contributed by atoms with van der Waals surface area (Å²) in [6.07, 6.45) is 4.60. The molecule has 0 aromatic carbocycles. The monoisotopic (exact) mass is 222 g/mol. The number of hydrogen-bond acceptors (Lipinski definition) is 0. The quantitative estimate of drug-likeness (QED) is 0.383. The van der Waals surface area contributed by atoms with Crippen LogP contribution in [0.15, 0.2) is 12.7 Å². The molecule has 0 aliphatic heterocycles. The van der Waals surface area contributed by atoms with E-state index in [0.29, 0.717) is 3.42 Å². The highest BCUT2D eigenvalue weighted by Crippen LogP contribution is 2.53. The van der Waals surface area contributed by atoms with E-state index >= 15 is 0 Å². The molecule has 0 aromatic heterocycles. The lowest BCUT2D eigenvalue weighted by atomic mass is 10.2. The molecule has 0 nitrogen and oxygen atoms in total. The van der Waals surface area contributed by atoms with Gasteiger partial charge in [0, 0.05) is 3.42 Å². The van der Waals surface area contributed by atoms with Gasteiger partial charge in [-0.25, -0.2) is 0 Å². The Hall–Kier alpha value is 0.470. The molecule has 1 heteroatoms. The lowest BCUT2D eigenvalue weighted by molar-refractivity contribution is 0.845. The summed E-state index contributed by atoms with van der Waals surface area (Å²) in [4.78, 5) is 0. The molecule has 46 valence electrons. The topological polar surface area (TPSA) is 0 Å². The van der Waals surface area contributed by atoms with E-state index in [1.54, 1.807) is 0 Å². The van der Waals surface area contributed by atoms with Gasteiger partial charge in [0.2, 0.25) is 0 Å². The molecule has 0 spiro atoms. The normalized spacial score (nSPS) is 44.0. The Morgan fingerprint density at radius 3 is 2.62 bits per heavy atom. The molecular formula is C7H11I. The van der Waals surface area contributed by atoms with Crippen LogP contribution >= 0.6 is 22.6 Å². The van der Waals surface area contributed by atoms with Crippen molar-refractivity contribution in [2.24, 2.45) is 5.92 Å². The average molecular weight is 222 g/mol. The van der Waals surface area contributed by atoms with Gasteiger partial charge in [0.1, 0.15) is 0 Å². The summed E-state index contributed by atoms with van der Waals surface area (Å²) in [5.74, 6) is 0.932. The molecule has 0 N–H and O–H groups in total. The molecule has 1 aliphatic carbocycles. The van der Waals surface area contributed by atoms with Crippen LogP contribution in [-0.4, -0.2) is 3.42 Å². The van der Waals surface area contributed by atoms with Crippen molar-refractivity contribution in [3.05, 3.63) is 12.7 Å². The predicted octanol–water partition coefficient (Wildman–Crippen LogP) is 2.78. The second-order valence-electron chi connectivity index (χ2n) is 2.63. The lowest BCUT2D eigenvalue weighted by Gasteiger charge is -1.99. The molecule has 0 radical (unpaired) electrons. The van der Waals surface area contributed by atoms with E-state index in [-0.39, 0.29) is 0 Å². The number of halogens is 1. The first-order valence-corrected chi connectivity index (χ1v) is 4.07. The van der Waals surface area contributed by atoms with Crippen LogP contribution in [0.4, 0.5) is 0 Å². The molecule has 1 fully saturated rings. The summed E-state index contributed by atoms with van der Waals surface area (Å²) < 4.78 is 0.611. The van der Waals surface area contributed by atoms with Crippen molar-refractivity contribution >= 4 is 22.6 Å². The largest absolute Gasteiger partial charge is 0.103 e. The molecule has 0 saturated heterocycles. The highest BCUT2D eigenvalue weighted by molar-refractivity contribution is 14.1. The van der Waals surface area contributed by atoms with Crippen molar-refractivity contribution in [3.8, 4) is 0 Å². The Kier molecular flexibility index (Phi) is 1.66. The first kappa shape index (κ1) is 6.59. The molecule has 0 amide bonds. The van der Waals surface area contributed by atoms with E-state index in [1.807, 2.05) is 6.08 Å². The maximum absolute atomic E-state index is 3.72. The summed E-state index contributed by atoms with van der Waals surface area (Å²) in [5.41, 5.74) is 0. The highest BCUT2D eigenvalue weighted by Gasteiger charge is 2.47. The van der Waals surface area contributed by atoms with E-state index in [4.69, 9.17) is 0 Å². The number of rotatable bonds is 2. The zero-order valence-corrected chi connectivity index (χ0v) is 7.31. The van der Waals surface area contributed by atoms with Crippen LogP contribution in [-0.2, 0) is 0 Å². The fraction of sp³-hybridized carbons (Fsp3) is 0.714. The van der Waals surface area contributed by atoms with Gasteiger partial charge in [-0.3, -0.25) is 0 Å². The van der Waals surface area contributed by atoms with E-state index < -0.39 is 0 Å². The van der Waals surface area contributed by atoms with Crippen LogP contribution in [0.2, 0.25) is 0 Å². The predicted molar refractivity (Wildman–Crippen MR) is 45.3 cm³/mol. The second kappa shape index (κ2) is 2.01.